The van der Waals surface area contributed by atoms with Crippen molar-refractivity contribution < 1.29 is 4.74 Å². The van der Waals surface area contributed by atoms with Crippen molar-refractivity contribution in [3.8, 4) is 11.8 Å². The fourth-order valence-corrected chi connectivity index (χ4v) is 4.80. The van der Waals surface area contributed by atoms with E-state index >= 15 is 0 Å². The third-order valence-corrected chi connectivity index (χ3v) is 6.66. The summed E-state index contributed by atoms with van der Waals surface area (Å²) < 4.78 is 7.94. The van der Waals surface area contributed by atoms with E-state index in [-0.39, 0.29) is 0 Å². The second-order valence-electron chi connectivity index (χ2n) is 8.39. The van der Waals surface area contributed by atoms with Gasteiger partial charge in [-0.05, 0) is 49.1 Å². The van der Waals surface area contributed by atoms with Crippen molar-refractivity contribution >= 4 is 16.7 Å². The molecule has 0 saturated heterocycles. The number of aryl methyl sites for hydroxylation is 1. The van der Waals surface area contributed by atoms with Crippen molar-refractivity contribution in [2.24, 2.45) is 0 Å². The van der Waals surface area contributed by atoms with Gasteiger partial charge in [0, 0.05) is 29.7 Å². The maximum Gasteiger partial charge on any atom is 0.155 e. The zero-order chi connectivity index (χ0) is 22.2. The summed E-state index contributed by atoms with van der Waals surface area (Å²) in [6.45, 7) is 6.64. The van der Waals surface area contributed by atoms with Crippen molar-refractivity contribution in [2.75, 3.05) is 18.6 Å². The Hall–Kier alpha value is -3.78. The minimum absolute atomic E-state index is 0.462. The Morgan fingerprint density at radius 2 is 1.81 bits per heavy atom. The average Bonchev–Trinajstić information content (AvgIpc) is 3.08. The molecule has 0 unspecified atom stereocenters. The van der Waals surface area contributed by atoms with E-state index in [0.717, 1.165) is 47.5 Å². The lowest BCUT2D eigenvalue weighted by atomic mass is 10.00. The number of ether oxygens (including phenoxy) is 1. The molecule has 32 heavy (non-hydrogen) atoms. The van der Waals surface area contributed by atoms with Gasteiger partial charge in [-0.25, -0.2) is 4.98 Å². The smallest absolute Gasteiger partial charge is 0.155 e. The topological polar surface area (TPSA) is 54.1 Å². The number of hydrogen-bond acceptors (Lipinski definition) is 4. The molecule has 160 valence electrons. The Morgan fingerprint density at radius 1 is 1.06 bits per heavy atom. The van der Waals surface area contributed by atoms with Crippen LogP contribution >= 0.6 is 0 Å². The van der Waals surface area contributed by atoms with Crippen LogP contribution in [-0.2, 0) is 19.5 Å². The molecule has 0 aliphatic carbocycles. The van der Waals surface area contributed by atoms with E-state index < -0.39 is 0 Å². The third kappa shape index (κ3) is 3.29. The first-order valence-electron chi connectivity index (χ1n) is 10.9. The second kappa shape index (κ2) is 8.05. The van der Waals surface area contributed by atoms with Crippen LogP contribution in [0.1, 0.15) is 33.6 Å². The molecule has 5 nitrogen and oxygen atoms in total. The van der Waals surface area contributed by atoms with Crippen molar-refractivity contribution in [1.82, 2.24) is 9.55 Å². The largest absolute Gasteiger partial charge is 0.496 e. The van der Waals surface area contributed by atoms with Crippen LogP contribution < -0.4 is 9.64 Å². The highest BCUT2D eigenvalue weighted by Crippen LogP contribution is 2.36. The van der Waals surface area contributed by atoms with Crippen LogP contribution in [0.15, 0.2) is 54.6 Å². The van der Waals surface area contributed by atoms with Crippen LogP contribution in [0.2, 0.25) is 0 Å². The summed E-state index contributed by atoms with van der Waals surface area (Å²) in [6.07, 6.45) is 0.974. The molecule has 5 rings (SSSR count). The minimum atomic E-state index is 0.462. The number of rotatable bonds is 4. The fraction of sp³-hybridized carbons (Fsp3) is 0.259. The van der Waals surface area contributed by atoms with Crippen molar-refractivity contribution in [3.63, 3.8) is 0 Å². The molecule has 1 aliphatic heterocycles. The molecule has 0 radical (unpaired) electrons. The molecule has 0 N–H and O–H groups in total. The number of pyridine rings is 1. The first-order valence-corrected chi connectivity index (χ1v) is 10.9. The van der Waals surface area contributed by atoms with Crippen LogP contribution in [0.25, 0.3) is 10.9 Å². The predicted molar refractivity (Wildman–Crippen MR) is 127 cm³/mol. The lowest BCUT2D eigenvalue weighted by Crippen LogP contribution is -2.31. The molecular formula is C27H26N4O. The summed E-state index contributed by atoms with van der Waals surface area (Å²) in [5, 5.41) is 10.8. The Kier molecular flexibility index (Phi) is 5.07. The SMILES string of the molecule is COc1ccccc1Cn1c(C)c(C)c2cc(C#N)nc(N3CCc4ccccc4C3)c21. The van der Waals surface area contributed by atoms with E-state index in [4.69, 9.17) is 9.72 Å². The standard InChI is InChI=1S/C27H26N4O/c1-18-19(2)31(17-22-10-6-7-11-25(22)32-3)26-24(18)14-23(15-28)29-27(26)30-13-12-20-8-4-5-9-21(20)16-30/h4-11,14H,12-13,16-17H2,1-3H3. The summed E-state index contributed by atoms with van der Waals surface area (Å²) in [5.41, 5.74) is 7.76. The van der Waals surface area contributed by atoms with Crippen molar-refractivity contribution in [1.29, 1.82) is 5.26 Å². The molecule has 2 aromatic heterocycles. The van der Waals surface area contributed by atoms with E-state index in [1.165, 1.54) is 22.4 Å². The maximum atomic E-state index is 9.69. The van der Waals surface area contributed by atoms with Crippen LogP contribution in [-0.4, -0.2) is 23.2 Å². The molecule has 0 atom stereocenters. The van der Waals surface area contributed by atoms with Gasteiger partial charge in [0.2, 0.25) is 0 Å². The number of nitriles is 1. The van der Waals surface area contributed by atoms with E-state index in [2.05, 4.69) is 59.7 Å². The second-order valence-corrected chi connectivity index (χ2v) is 8.39. The molecule has 4 aromatic rings. The summed E-state index contributed by atoms with van der Waals surface area (Å²) >= 11 is 0. The molecular weight excluding hydrogens is 396 g/mol. The van der Waals surface area contributed by atoms with Crippen molar-refractivity contribution in [3.05, 3.63) is 88.2 Å². The van der Waals surface area contributed by atoms with Gasteiger partial charge in [-0.15, -0.1) is 0 Å². The first-order chi connectivity index (χ1) is 15.6. The Labute approximate surface area is 188 Å². The molecule has 0 bridgehead atoms. The quantitative estimate of drug-likeness (QED) is 0.457. The van der Waals surface area contributed by atoms with E-state index in [0.29, 0.717) is 12.2 Å². The highest BCUT2D eigenvalue weighted by Gasteiger charge is 2.24. The number of nitrogens with zero attached hydrogens (tertiary/aromatic N) is 4. The molecule has 0 saturated carbocycles. The molecule has 0 amide bonds. The summed E-state index contributed by atoms with van der Waals surface area (Å²) in [5.74, 6) is 1.76. The monoisotopic (exact) mass is 422 g/mol. The Bertz CT molecular complexity index is 1360. The van der Waals surface area contributed by atoms with Crippen LogP contribution in [0, 0.1) is 25.2 Å². The minimum Gasteiger partial charge on any atom is -0.496 e. The lowest BCUT2D eigenvalue weighted by molar-refractivity contribution is 0.408. The highest BCUT2D eigenvalue weighted by atomic mass is 16.5. The third-order valence-electron chi connectivity index (χ3n) is 6.66. The molecule has 0 spiro atoms. The van der Waals surface area contributed by atoms with Crippen LogP contribution in [0.5, 0.6) is 5.75 Å². The van der Waals surface area contributed by atoms with E-state index in [1.54, 1.807) is 7.11 Å². The van der Waals surface area contributed by atoms with Gasteiger partial charge in [-0.2, -0.15) is 5.26 Å². The molecule has 3 heterocycles. The summed E-state index contributed by atoms with van der Waals surface area (Å²) in [6, 6.07) is 20.9. The average molecular weight is 423 g/mol. The van der Waals surface area contributed by atoms with Gasteiger partial charge in [0.05, 0.1) is 19.2 Å². The molecule has 0 fully saturated rings. The number of aromatic nitrogens is 2. The van der Waals surface area contributed by atoms with Gasteiger partial charge in [0.1, 0.15) is 17.5 Å². The zero-order valence-electron chi connectivity index (χ0n) is 18.7. The Morgan fingerprint density at radius 3 is 2.59 bits per heavy atom. The van der Waals surface area contributed by atoms with Gasteiger partial charge in [0.25, 0.3) is 0 Å². The van der Waals surface area contributed by atoms with Gasteiger partial charge < -0.3 is 14.2 Å². The van der Waals surface area contributed by atoms with E-state index in [9.17, 15) is 5.26 Å². The number of anilines is 1. The van der Waals surface area contributed by atoms with E-state index in [1.807, 2.05) is 24.3 Å². The fourth-order valence-electron chi connectivity index (χ4n) is 4.80. The molecule has 2 aromatic carbocycles. The predicted octanol–water partition coefficient (Wildman–Crippen LogP) is 5.14. The lowest BCUT2D eigenvalue weighted by Gasteiger charge is -2.30. The number of hydrogen-bond donors (Lipinski definition) is 0. The van der Waals surface area contributed by atoms with Crippen molar-refractivity contribution in [2.45, 2.75) is 33.4 Å². The number of para-hydroxylation sites is 1. The zero-order valence-corrected chi connectivity index (χ0v) is 18.7. The normalized spacial score (nSPS) is 13.1. The van der Waals surface area contributed by atoms with Gasteiger partial charge in [-0.1, -0.05) is 42.5 Å². The Balaban J connectivity index is 1.69. The first kappa shape index (κ1) is 20.1. The van der Waals surface area contributed by atoms with Gasteiger partial charge in [0.15, 0.2) is 5.82 Å². The van der Waals surface area contributed by atoms with Crippen LogP contribution in [0.4, 0.5) is 5.82 Å². The summed E-state index contributed by atoms with van der Waals surface area (Å²) in [4.78, 5) is 7.15. The van der Waals surface area contributed by atoms with Gasteiger partial charge in [-0.3, -0.25) is 0 Å². The number of fused-ring (bicyclic) bond motifs is 2. The molecule has 1 aliphatic rings. The molecule has 5 heteroatoms. The highest BCUT2D eigenvalue weighted by molar-refractivity contribution is 5.94. The van der Waals surface area contributed by atoms with Crippen LogP contribution in [0.3, 0.4) is 0 Å². The number of benzene rings is 2. The maximum absolute atomic E-state index is 9.69. The van der Waals surface area contributed by atoms with Gasteiger partial charge >= 0.3 is 0 Å². The number of methoxy groups -OCH3 is 1. The summed E-state index contributed by atoms with van der Waals surface area (Å²) in [7, 11) is 1.71.